The summed E-state index contributed by atoms with van der Waals surface area (Å²) in [5.74, 6) is -0.0663. The van der Waals surface area contributed by atoms with Crippen LogP contribution in [-0.2, 0) is 11.2 Å². The average molecular weight is 344 g/mol. The van der Waals surface area contributed by atoms with E-state index in [1.54, 1.807) is 6.26 Å². The first-order chi connectivity index (χ1) is 12.5. The minimum atomic E-state index is -0.0663. The highest BCUT2D eigenvalue weighted by molar-refractivity contribution is 6.02. The van der Waals surface area contributed by atoms with Gasteiger partial charge in [0.2, 0.25) is 5.91 Å². The molecule has 4 nitrogen and oxygen atoms in total. The molecule has 4 rings (SSSR count). The number of carbonyl (C=O) groups excluding carboxylic acids is 1. The van der Waals surface area contributed by atoms with E-state index < -0.39 is 0 Å². The van der Waals surface area contributed by atoms with Crippen molar-refractivity contribution in [3.8, 4) is 0 Å². The van der Waals surface area contributed by atoms with Crippen LogP contribution in [0, 0.1) is 20.8 Å². The van der Waals surface area contributed by atoms with Crippen LogP contribution in [0.2, 0.25) is 0 Å². The number of nitrogens with zero attached hydrogens (tertiary/aromatic N) is 1. The van der Waals surface area contributed by atoms with Crippen LogP contribution in [0.1, 0.15) is 22.4 Å². The van der Waals surface area contributed by atoms with Gasteiger partial charge in [-0.2, -0.15) is 0 Å². The van der Waals surface area contributed by atoms with Gasteiger partial charge in [0.05, 0.1) is 23.9 Å². The SMILES string of the molecule is Cc1cc(C)c2c(CC(=O)Nc3cc(C)nc4ccccc34)coc2c1. The molecule has 0 saturated heterocycles. The lowest BCUT2D eigenvalue weighted by Gasteiger charge is -2.10. The molecule has 2 aromatic heterocycles. The van der Waals surface area contributed by atoms with Gasteiger partial charge in [-0.05, 0) is 50.1 Å². The van der Waals surface area contributed by atoms with Gasteiger partial charge in [0.1, 0.15) is 5.58 Å². The first kappa shape index (κ1) is 16.3. The van der Waals surface area contributed by atoms with Gasteiger partial charge in [-0.1, -0.05) is 24.3 Å². The van der Waals surface area contributed by atoms with Gasteiger partial charge in [0.15, 0.2) is 0 Å². The molecular weight excluding hydrogens is 324 g/mol. The first-order valence-electron chi connectivity index (χ1n) is 8.65. The lowest BCUT2D eigenvalue weighted by molar-refractivity contribution is -0.115. The molecule has 0 aliphatic carbocycles. The van der Waals surface area contributed by atoms with Crippen molar-refractivity contribution in [3.63, 3.8) is 0 Å². The number of fused-ring (bicyclic) bond motifs is 2. The zero-order valence-electron chi connectivity index (χ0n) is 15.1. The number of carbonyl (C=O) groups is 1. The number of aromatic nitrogens is 1. The van der Waals surface area contributed by atoms with Crippen LogP contribution in [0.4, 0.5) is 5.69 Å². The predicted molar refractivity (Wildman–Crippen MR) is 105 cm³/mol. The third kappa shape index (κ3) is 2.94. The van der Waals surface area contributed by atoms with Crippen LogP contribution in [-0.4, -0.2) is 10.9 Å². The Kier molecular flexibility index (Phi) is 3.96. The van der Waals surface area contributed by atoms with E-state index in [1.807, 2.05) is 57.2 Å². The van der Waals surface area contributed by atoms with Gasteiger partial charge in [0, 0.05) is 22.0 Å². The molecule has 4 aromatic rings. The molecule has 2 aromatic carbocycles. The largest absolute Gasteiger partial charge is 0.464 e. The summed E-state index contributed by atoms with van der Waals surface area (Å²) < 4.78 is 5.66. The van der Waals surface area contributed by atoms with Crippen LogP contribution in [0.3, 0.4) is 0 Å². The Morgan fingerprint density at radius 3 is 2.77 bits per heavy atom. The molecule has 1 N–H and O–H groups in total. The minimum Gasteiger partial charge on any atom is -0.464 e. The number of rotatable bonds is 3. The van der Waals surface area contributed by atoms with Crippen molar-refractivity contribution in [1.29, 1.82) is 0 Å². The number of nitrogens with one attached hydrogen (secondary N) is 1. The number of furan rings is 1. The Balaban J connectivity index is 1.65. The average Bonchev–Trinajstić information content (AvgIpc) is 2.97. The third-order valence-electron chi connectivity index (χ3n) is 4.56. The fraction of sp³-hybridized carbons (Fsp3) is 0.182. The topological polar surface area (TPSA) is 55.1 Å². The highest BCUT2D eigenvalue weighted by atomic mass is 16.3. The molecule has 0 aliphatic rings. The molecule has 0 fully saturated rings. The maximum Gasteiger partial charge on any atom is 0.228 e. The Bertz CT molecular complexity index is 1140. The highest BCUT2D eigenvalue weighted by Gasteiger charge is 2.14. The molecule has 0 atom stereocenters. The number of hydrogen-bond donors (Lipinski definition) is 1. The van der Waals surface area contributed by atoms with E-state index in [1.165, 1.54) is 0 Å². The van der Waals surface area contributed by atoms with E-state index in [9.17, 15) is 4.79 Å². The quantitative estimate of drug-likeness (QED) is 0.563. The molecule has 0 unspecified atom stereocenters. The molecule has 0 radical (unpaired) electrons. The van der Waals surface area contributed by atoms with E-state index in [4.69, 9.17) is 4.42 Å². The Morgan fingerprint density at radius 2 is 1.92 bits per heavy atom. The smallest absolute Gasteiger partial charge is 0.228 e. The molecule has 0 aliphatic heterocycles. The summed E-state index contributed by atoms with van der Waals surface area (Å²) in [6, 6.07) is 13.8. The fourth-order valence-electron chi connectivity index (χ4n) is 3.54. The van der Waals surface area contributed by atoms with E-state index in [2.05, 4.69) is 16.4 Å². The van der Waals surface area contributed by atoms with Crippen molar-refractivity contribution in [3.05, 3.63) is 71.1 Å². The number of hydrogen-bond acceptors (Lipinski definition) is 3. The zero-order chi connectivity index (χ0) is 18.3. The summed E-state index contributed by atoms with van der Waals surface area (Å²) >= 11 is 0. The minimum absolute atomic E-state index is 0.0663. The van der Waals surface area contributed by atoms with Gasteiger partial charge >= 0.3 is 0 Å². The van der Waals surface area contributed by atoms with E-state index in [0.29, 0.717) is 0 Å². The van der Waals surface area contributed by atoms with Crippen LogP contribution in [0.25, 0.3) is 21.9 Å². The van der Waals surface area contributed by atoms with Gasteiger partial charge in [-0.3, -0.25) is 9.78 Å². The monoisotopic (exact) mass is 344 g/mol. The molecule has 0 saturated carbocycles. The summed E-state index contributed by atoms with van der Waals surface area (Å²) in [6.07, 6.45) is 1.96. The number of aryl methyl sites for hydroxylation is 3. The summed E-state index contributed by atoms with van der Waals surface area (Å²) in [4.78, 5) is 17.2. The Morgan fingerprint density at radius 1 is 1.12 bits per heavy atom. The lowest BCUT2D eigenvalue weighted by Crippen LogP contribution is -2.15. The highest BCUT2D eigenvalue weighted by Crippen LogP contribution is 2.27. The molecule has 4 heteroatoms. The number of amides is 1. The predicted octanol–water partition coefficient (Wildman–Crippen LogP) is 5.09. The molecule has 1 amide bonds. The molecule has 0 bridgehead atoms. The van der Waals surface area contributed by atoms with Crippen LogP contribution in [0.15, 0.2) is 53.1 Å². The third-order valence-corrected chi connectivity index (χ3v) is 4.56. The second-order valence-corrected chi connectivity index (χ2v) is 6.77. The normalized spacial score (nSPS) is 11.2. The number of benzene rings is 2. The molecule has 2 heterocycles. The maximum absolute atomic E-state index is 12.7. The fourth-order valence-corrected chi connectivity index (χ4v) is 3.54. The van der Waals surface area contributed by atoms with Gasteiger partial charge in [-0.15, -0.1) is 0 Å². The number of para-hydroxylation sites is 1. The van der Waals surface area contributed by atoms with E-state index in [0.717, 1.165) is 49.9 Å². The summed E-state index contributed by atoms with van der Waals surface area (Å²) in [5.41, 5.74) is 6.56. The van der Waals surface area contributed by atoms with Crippen LogP contribution >= 0.6 is 0 Å². The molecule has 130 valence electrons. The number of anilines is 1. The summed E-state index contributed by atoms with van der Waals surface area (Å²) in [7, 11) is 0. The Labute approximate surface area is 151 Å². The van der Waals surface area contributed by atoms with Crippen molar-refractivity contribution >= 4 is 33.5 Å². The van der Waals surface area contributed by atoms with Crippen molar-refractivity contribution in [1.82, 2.24) is 4.98 Å². The van der Waals surface area contributed by atoms with Crippen molar-refractivity contribution in [2.75, 3.05) is 5.32 Å². The van der Waals surface area contributed by atoms with Gasteiger partial charge in [-0.25, -0.2) is 0 Å². The summed E-state index contributed by atoms with van der Waals surface area (Å²) in [5, 5.41) is 5.01. The lowest BCUT2D eigenvalue weighted by atomic mass is 10.0. The Hall–Kier alpha value is -3.14. The van der Waals surface area contributed by atoms with E-state index in [-0.39, 0.29) is 12.3 Å². The second-order valence-electron chi connectivity index (χ2n) is 6.77. The molecule has 0 spiro atoms. The van der Waals surface area contributed by atoms with Gasteiger partial charge in [0.25, 0.3) is 0 Å². The molecular formula is C22H20N2O2. The maximum atomic E-state index is 12.7. The first-order valence-corrected chi connectivity index (χ1v) is 8.65. The van der Waals surface area contributed by atoms with Gasteiger partial charge < -0.3 is 9.73 Å². The number of pyridine rings is 1. The van der Waals surface area contributed by atoms with Crippen molar-refractivity contribution in [2.24, 2.45) is 0 Å². The zero-order valence-corrected chi connectivity index (χ0v) is 15.1. The standard InChI is InChI=1S/C22H20N2O2/c1-13-8-14(2)22-16(12-26-20(22)9-13)11-21(25)24-19-10-15(3)23-18-7-5-4-6-17(18)19/h4-10,12H,11H2,1-3H3,(H,23,24,25). The van der Waals surface area contributed by atoms with E-state index >= 15 is 0 Å². The van der Waals surface area contributed by atoms with Crippen LogP contribution < -0.4 is 5.32 Å². The summed E-state index contributed by atoms with van der Waals surface area (Å²) in [6.45, 7) is 6.02. The van der Waals surface area contributed by atoms with Crippen molar-refractivity contribution < 1.29 is 9.21 Å². The second kappa shape index (κ2) is 6.30. The van der Waals surface area contributed by atoms with Crippen LogP contribution in [0.5, 0.6) is 0 Å². The molecule has 26 heavy (non-hydrogen) atoms. The van der Waals surface area contributed by atoms with Crippen molar-refractivity contribution in [2.45, 2.75) is 27.2 Å².